The zero-order valence-corrected chi connectivity index (χ0v) is 11.0. The lowest BCUT2D eigenvalue weighted by atomic mass is 10.0. The third-order valence-electron chi connectivity index (χ3n) is 3.20. The predicted octanol–water partition coefficient (Wildman–Crippen LogP) is 4.48. The molecule has 0 atom stereocenters. The molecule has 1 aromatic heterocycles. The number of aromatic nitrogens is 1. The van der Waals surface area contributed by atoms with Gasteiger partial charge < -0.3 is 0 Å². The molecule has 3 aromatic rings. The van der Waals surface area contributed by atoms with Gasteiger partial charge in [0.25, 0.3) is 0 Å². The number of hydrogen-bond donors (Lipinski definition) is 0. The van der Waals surface area contributed by atoms with Gasteiger partial charge in [0.1, 0.15) is 5.82 Å². The van der Waals surface area contributed by atoms with Crippen LogP contribution in [0, 0.1) is 5.82 Å². The average Bonchev–Trinajstić information content (AvgIpc) is 2.49. The largest absolute Gasteiger partial charge is 0.256 e. The molecule has 0 spiro atoms. The third-order valence-corrected chi connectivity index (χ3v) is 3.20. The summed E-state index contributed by atoms with van der Waals surface area (Å²) in [4.78, 5) is 4.22. The quantitative estimate of drug-likeness (QED) is 0.679. The molecular weight excluding hydrogens is 249 g/mol. The van der Waals surface area contributed by atoms with E-state index in [0.717, 1.165) is 12.0 Å². The van der Waals surface area contributed by atoms with Gasteiger partial charge in [-0.15, -0.1) is 0 Å². The summed E-state index contributed by atoms with van der Waals surface area (Å²) in [6, 6.07) is 21.2. The van der Waals surface area contributed by atoms with Crippen LogP contribution in [0.4, 0.5) is 4.39 Å². The van der Waals surface area contributed by atoms with Crippen molar-refractivity contribution in [3.8, 4) is 11.3 Å². The van der Waals surface area contributed by atoms with Crippen molar-refractivity contribution in [2.75, 3.05) is 0 Å². The van der Waals surface area contributed by atoms with Gasteiger partial charge in [0.15, 0.2) is 0 Å². The fraction of sp³-hybridized carbons (Fsp3) is 0.0556. The molecule has 0 unspecified atom stereocenters. The lowest BCUT2D eigenvalue weighted by Gasteiger charge is -2.05. The highest BCUT2D eigenvalue weighted by atomic mass is 19.1. The van der Waals surface area contributed by atoms with Gasteiger partial charge >= 0.3 is 0 Å². The van der Waals surface area contributed by atoms with Gasteiger partial charge in [0, 0.05) is 17.8 Å². The van der Waals surface area contributed by atoms with Crippen molar-refractivity contribution in [2.45, 2.75) is 6.42 Å². The average molecular weight is 263 g/mol. The smallest absolute Gasteiger partial charge is 0.126 e. The van der Waals surface area contributed by atoms with Crippen molar-refractivity contribution in [1.29, 1.82) is 0 Å². The van der Waals surface area contributed by atoms with Crippen molar-refractivity contribution >= 4 is 0 Å². The summed E-state index contributed by atoms with van der Waals surface area (Å²) in [6.45, 7) is 0. The van der Waals surface area contributed by atoms with E-state index in [2.05, 4.69) is 29.2 Å². The van der Waals surface area contributed by atoms with Crippen molar-refractivity contribution in [1.82, 2.24) is 4.98 Å². The molecule has 0 N–H and O–H groups in total. The monoisotopic (exact) mass is 263 g/mol. The van der Waals surface area contributed by atoms with Crippen LogP contribution in [0.2, 0.25) is 0 Å². The van der Waals surface area contributed by atoms with Crippen molar-refractivity contribution in [3.05, 3.63) is 89.9 Å². The second kappa shape index (κ2) is 5.66. The first kappa shape index (κ1) is 12.5. The Morgan fingerprint density at radius 3 is 2.40 bits per heavy atom. The Balaban J connectivity index is 1.90. The van der Waals surface area contributed by atoms with Crippen LogP contribution in [0.5, 0.6) is 0 Å². The molecule has 3 rings (SSSR count). The highest BCUT2D eigenvalue weighted by molar-refractivity contribution is 5.60. The van der Waals surface area contributed by atoms with E-state index < -0.39 is 0 Å². The van der Waals surface area contributed by atoms with E-state index in [9.17, 15) is 4.39 Å². The topological polar surface area (TPSA) is 12.9 Å². The molecule has 98 valence electrons. The minimum absolute atomic E-state index is 0.261. The first-order valence-corrected chi connectivity index (χ1v) is 6.56. The number of nitrogens with zero attached hydrogens (tertiary/aromatic N) is 1. The molecule has 20 heavy (non-hydrogen) atoms. The molecule has 0 bridgehead atoms. The normalized spacial score (nSPS) is 10.4. The van der Waals surface area contributed by atoms with Gasteiger partial charge in [-0.05, 0) is 29.7 Å². The molecule has 1 nitrogen and oxygen atoms in total. The summed E-state index contributed by atoms with van der Waals surface area (Å²) in [6.07, 6.45) is 2.36. The molecular formula is C18H14FN. The Labute approximate surface area is 117 Å². The van der Waals surface area contributed by atoms with Gasteiger partial charge in [-0.25, -0.2) is 4.39 Å². The van der Waals surface area contributed by atoms with Gasteiger partial charge in [-0.2, -0.15) is 0 Å². The number of benzene rings is 2. The van der Waals surface area contributed by atoms with Crippen LogP contribution in [0.25, 0.3) is 11.3 Å². The van der Waals surface area contributed by atoms with E-state index in [0.29, 0.717) is 5.69 Å². The molecule has 0 aliphatic carbocycles. The van der Waals surface area contributed by atoms with E-state index >= 15 is 0 Å². The molecule has 0 amide bonds. The Morgan fingerprint density at radius 1 is 0.800 bits per heavy atom. The standard InChI is InChI=1S/C18H14FN/c19-17-9-10-20-18(13-17)16-8-4-7-15(12-16)11-14-5-2-1-3-6-14/h1-10,12-13H,11H2. The number of hydrogen-bond acceptors (Lipinski definition) is 1. The van der Waals surface area contributed by atoms with E-state index in [1.165, 1.54) is 29.5 Å². The summed E-state index contributed by atoms with van der Waals surface area (Å²) in [5.41, 5.74) is 4.06. The summed E-state index contributed by atoms with van der Waals surface area (Å²) >= 11 is 0. The van der Waals surface area contributed by atoms with Gasteiger partial charge in [0.2, 0.25) is 0 Å². The van der Waals surface area contributed by atoms with Gasteiger partial charge in [-0.3, -0.25) is 4.98 Å². The number of rotatable bonds is 3. The lowest BCUT2D eigenvalue weighted by molar-refractivity contribution is 0.626. The van der Waals surface area contributed by atoms with Gasteiger partial charge in [0.05, 0.1) is 5.69 Å². The zero-order chi connectivity index (χ0) is 13.8. The van der Waals surface area contributed by atoms with Crippen LogP contribution < -0.4 is 0 Å². The van der Waals surface area contributed by atoms with Crippen LogP contribution in [0.1, 0.15) is 11.1 Å². The maximum absolute atomic E-state index is 13.3. The minimum Gasteiger partial charge on any atom is -0.256 e. The number of pyridine rings is 1. The number of halogens is 1. The molecule has 2 heteroatoms. The predicted molar refractivity (Wildman–Crippen MR) is 78.9 cm³/mol. The fourth-order valence-corrected chi connectivity index (χ4v) is 2.23. The second-order valence-electron chi connectivity index (χ2n) is 4.72. The summed E-state index contributed by atoms with van der Waals surface area (Å²) in [5, 5.41) is 0. The minimum atomic E-state index is -0.261. The van der Waals surface area contributed by atoms with Crippen molar-refractivity contribution < 1.29 is 4.39 Å². The maximum atomic E-state index is 13.3. The molecule has 0 aliphatic rings. The molecule has 0 saturated carbocycles. The summed E-state index contributed by atoms with van der Waals surface area (Å²) in [5.74, 6) is -0.261. The highest BCUT2D eigenvalue weighted by Gasteiger charge is 2.03. The van der Waals surface area contributed by atoms with Crippen LogP contribution >= 0.6 is 0 Å². The van der Waals surface area contributed by atoms with Crippen LogP contribution in [0.15, 0.2) is 72.9 Å². The maximum Gasteiger partial charge on any atom is 0.126 e. The molecule has 0 saturated heterocycles. The first-order valence-electron chi connectivity index (χ1n) is 6.56. The van der Waals surface area contributed by atoms with E-state index in [1.54, 1.807) is 0 Å². The van der Waals surface area contributed by atoms with E-state index in [-0.39, 0.29) is 5.82 Å². The SMILES string of the molecule is Fc1ccnc(-c2cccc(Cc3ccccc3)c2)c1. The van der Waals surface area contributed by atoms with Crippen molar-refractivity contribution in [2.24, 2.45) is 0 Å². The second-order valence-corrected chi connectivity index (χ2v) is 4.72. The van der Waals surface area contributed by atoms with E-state index in [4.69, 9.17) is 0 Å². The highest BCUT2D eigenvalue weighted by Crippen LogP contribution is 2.20. The molecule has 0 fully saturated rings. The first-order chi connectivity index (χ1) is 9.81. The Morgan fingerprint density at radius 2 is 1.60 bits per heavy atom. The molecule has 1 heterocycles. The van der Waals surface area contributed by atoms with Crippen LogP contribution in [-0.2, 0) is 6.42 Å². The fourth-order valence-electron chi connectivity index (χ4n) is 2.23. The summed E-state index contributed by atoms with van der Waals surface area (Å²) < 4.78 is 13.3. The summed E-state index contributed by atoms with van der Waals surface area (Å²) in [7, 11) is 0. The Kier molecular flexibility index (Phi) is 3.55. The molecule has 2 aromatic carbocycles. The molecule has 0 aliphatic heterocycles. The third kappa shape index (κ3) is 2.91. The Bertz CT molecular complexity index is 707. The molecule has 0 radical (unpaired) electrons. The Hall–Kier alpha value is -2.48. The zero-order valence-electron chi connectivity index (χ0n) is 11.0. The lowest BCUT2D eigenvalue weighted by Crippen LogP contribution is -1.90. The van der Waals surface area contributed by atoms with Crippen LogP contribution in [0.3, 0.4) is 0 Å². The van der Waals surface area contributed by atoms with E-state index in [1.807, 2.05) is 30.3 Å². The van der Waals surface area contributed by atoms with Gasteiger partial charge in [-0.1, -0.05) is 48.5 Å². The van der Waals surface area contributed by atoms with Crippen molar-refractivity contribution in [3.63, 3.8) is 0 Å². The van der Waals surface area contributed by atoms with Crippen LogP contribution in [-0.4, -0.2) is 4.98 Å².